The van der Waals surface area contributed by atoms with Crippen LogP contribution in [0.1, 0.15) is 31.2 Å². The third kappa shape index (κ3) is 1.74. The molecule has 1 aromatic carbocycles. The van der Waals surface area contributed by atoms with Gasteiger partial charge in [0.15, 0.2) is 0 Å². The van der Waals surface area contributed by atoms with Crippen molar-refractivity contribution < 1.29 is 0 Å². The number of hydrogen-bond acceptors (Lipinski definition) is 1. The van der Waals surface area contributed by atoms with Crippen LogP contribution >= 0.6 is 11.6 Å². The summed E-state index contributed by atoms with van der Waals surface area (Å²) in [7, 11) is 0. The molecule has 0 aromatic heterocycles. The van der Waals surface area contributed by atoms with Gasteiger partial charge in [-0.15, -0.1) is 0 Å². The van der Waals surface area contributed by atoms with Gasteiger partial charge in [0, 0.05) is 5.02 Å². The zero-order chi connectivity index (χ0) is 10.9. The van der Waals surface area contributed by atoms with Crippen molar-refractivity contribution in [2.24, 2.45) is 5.73 Å². The van der Waals surface area contributed by atoms with Crippen molar-refractivity contribution >= 4 is 17.4 Å². The van der Waals surface area contributed by atoms with E-state index in [1.54, 1.807) is 0 Å². The first-order valence-electron chi connectivity index (χ1n) is 5.26. The normalized spacial score (nSPS) is 19.0. The molecule has 3 heteroatoms. The van der Waals surface area contributed by atoms with E-state index in [4.69, 9.17) is 22.7 Å². The standard InChI is InChI=1S/C12H15ClN2/c13-10-5-3-4-9(8-10)12(11(14)15)6-1-2-7-12/h3-5,8H,1-2,6-7H2,(H3,14,15). The van der Waals surface area contributed by atoms with Crippen molar-refractivity contribution in [2.75, 3.05) is 0 Å². The molecule has 0 saturated heterocycles. The minimum absolute atomic E-state index is 0.245. The first-order chi connectivity index (χ1) is 7.15. The number of benzene rings is 1. The van der Waals surface area contributed by atoms with Crippen LogP contribution in [0.15, 0.2) is 24.3 Å². The van der Waals surface area contributed by atoms with E-state index in [1.807, 2.05) is 24.3 Å². The summed E-state index contributed by atoms with van der Waals surface area (Å²) in [5, 5.41) is 8.50. The summed E-state index contributed by atoms with van der Waals surface area (Å²) < 4.78 is 0. The summed E-state index contributed by atoms with van der Waals surface area (Å²) in [6.45, 7) is 0. The molecule has 15 heavy (non-hydrogen) atoms. The molecule has 0 bridgehead atoms. The van der Waals surface area contributed by atoms with Crippen LogP contribution in [0, 0.1) is 5.41 Å². The van der Waals surface area contributed by atoms with Gasteiger partial charge in [-0.05, 0) is 30.5 Å². The Morgan fingerprint density at radius 3 is 2.53 bits per heavy atom. The van der Waals surface area contributed by atoms with E-state index in [0.717, 1.165) is 36.3 Å². The van der Waals surface area contributed by atoms with Gasteiger partial charge < -0.3 is 5.73 Å². The van der Waals surface area contributed by atoms with Crippen molar-refractivity contribution in [3.8, 4) is 0 Å². The number of halogens is 1. The predicted octanol–water partition coefficient (Wildman–Crippen LogP) is 3.09. The molecule has 2 nitrogen and oxygen atoms in total. The van der Waals surface area contributed by atoms with E-state index in [2.05, 4.69) is 0 Å². The zero-order valence-electron chi connectivity index (χ0n) is 8.59. The van der Waals surface area contributed by atoms with E-state index >= 15 is 0 Å². The zero-order valence-corrected chi connectivity index (χ0v) is 9.35. The highest BCUT2D eigenvalue weighted by molar-refractivity contribution is 6.30. The molecule has 3 N–H and O–H groups in total. The summed E-state index contributed by atoms with van der Waals surface area (Å²) in [5.74, 6) is 0.280. The Bertz CT molecular complexity index is 381. The summed E-state index contributed by atoms with van der Waals surface area (Å²) in [4.78, 5) is 0. The van der Waals surface area contributed by atoms with Gasteiger partial charge in [-0.25, -0.2) is 0 Å². The molecule has 1 aliphatic carbocycles. The molecule has 80 valence electrons. The van der Waals surface area contributed by atoms with Crippen LogP contribution in [0.5, 0.6) is 0 Å². The van der Waals surface area contributed by atoms with Gasteiger partial charge in [0.25, 0.3) is 0 Å². The third-order valence-electron chi connectivity index (χ3n) is 3.35. The Labute approximate surface area is 94.9 Å². The molecule has 0 unspecified atom stereocenters. The highest BCUT2D eigenvalue weighted by atomic mass is 35.5. The lowest BCUT2D eigenvalue weighted by Crippen LogP contribution is -2.38. The predicted molar refractivity (Wildman–Crippen MR) is 63.5 cm³/mol. The Hall–Kier alpha value is -1.02. The number of hydrogen-bond donors (Lipinski definition) is 2. The summed E-state index contributed by atoms with van der Waals surface area (Å²) in [6.07, 6.45) is 4.24. The van der Waals surface area contributed by atoms with Crippen LogP contribution in [0.2, 0.25) is 5.02 Å². The largest absolute Gasteiger partial charge is 0.387 e. The summed E-state index contributed by atoms with van der Waals surface area (Å²) in [5.41, 5.74) is 6.61. The fraction of sp³-hybridized carbons (Fsp3) is 0.417. The van der Waals surface area contributed by atoms with Gasteiger partial charge in [0.1, 0.15) is 5.84 Å². The lowest BCUT2D eigenvalue weighted by Gasteiger charge is -2.28. The van der Waals surface area contributed by atoms with Crippen molar-refractivity contribution in [2.45, 2.75) is 31.1 Å². The van der Waals surface area contributed by atoms with E-state index in [0.29, 0.717) is 0 Å². The lowest BCUT2D eigenvalue weighted by molar-refractivity contribution is 0.590. The van der Waals surface area contributed by atoms with Gasteiger partial charge >= 0.3 is 0 Å². The smallest absolute Gasteiger partial charge is 0.101 e. The first-order valence-corrected chi connectivity index (χ1v) is 5.63. The number of rotatable bonds is 2. The van der Waals surface area contributed by atoms with Crippen LogP contribution in [-0.2, 0) is 5.41 Å². The topological polar surface area (TPSA) is 49.9 Å². The summed E-state index contributed by atoms with van der Waals surface area (Å²) >= 11 is 5.98. The Kier molecular flexibility index (Phi) is 2.70. The van der Waals surface area contributed by atoms with Gasteiger partial charge in [0.05, 0.1) is 5.41 Å². The SMILES string of the molecule is N=C(N)C1(c2cccc(Cl)c2)CCCC1. The van der Waals surface area contributed by atoms with Gasteiger partial charge in [0.2, 0.25) is 0 Å². The number of nitrogens with one attached hydrogen (secondary N) is 1. The van der Waals surface area contributed by atoms with E-state index in [9.17, 15) is 0 Å². The average molecular weight is 223 g/mol. The summed E-state index contributed by atoms with van der Waals surface area (Å²) in [6, 6.07) is 7.75. The van der Waals surface area contributed by atoms with Crippen LogP contribution in [0.4, 0.5) is 0 Å². The average Bonchev–Trinajstić information content (AvgIpc) is 2.67. The van der Waals surface area contributed by atoms with Gasteiger partial charge in [-0.3, -0.25) is 5.41 Å². The highest BCUT2D eigenvalue weighted by Crippen LogP contribution is 2.41. The van der Waals surface area contributed by atoms with Crippen LogP contribution in [-0.4, -0.2) is 5.84 Å². The quantitative estimate of drug-likeness (QED) is 0.586. The lowest BCUT2D eigenvalue weighted by atomic mass is 9.78. The van der Waals surface area contributed by atoms with Crippen molar-refractivity contribution in [1.82, 2.24) is 0 Å². The van der Waals surface area contributed by atoms with Gasteiger partial charge in [-0.2, -0.15) is 0 Å². The molecule has 1 aliphatic rings. The van der Waals surface area contributed by atoms with E-state index in [1.165, 1.54) is 0 Å². The molecule has 0 amide bonds. The molecule has 0 heterocycles. The molecular weight excluding hydrogens is 208 g/mol. The maximum Gasteiger partial charge on any atom is 0.101 e. The molecule has 0 radical (unpaired) electrons. The fourth-order valence-corrected chi connectivity index (χ4v) is 2.67. The number of nitrogens with two attached hydrogens (primary N) is 1. The van der Waals surface area contributed by atoms with Crippen molar-refractivity contribution in [3.63, 3.8) is 0 Å². The molecule has 1 aromatic rings. The van der Waals surface area contributed by atoms with E-state index in [-0.39, 0.29) is 11.3 Å². The molecule has 0 aliphatic heterocycles. The Morgan fingerprint density at radius 1 is 1.33 bits per heavy atom. The molecular formula is C12H15ClN2. The third-order valence-corrected chi connectivity index (χ3v) is 3.58. The second kappa shape index (κ2) is 3.86. The van der Waals surface area contributed by atoms with Crippen molar-refractivity contribution in [3.05, 3.63) is 34.9 Å². The molecule has 1 fully saturated rings. The van der Waals surface area contributed by atoms with E-state index < -0.39 is 0 Å². The molecule has 0 spiro atoms. The number of amidine groups is 1. The molecule has 0 atom stereocenters. The van der Waals surface area contributed by atoms with Crippen molar-refractivity contribution in [1.29, 1.82) is 5.41 Å². The van der Waals surface area contributed by atoms with Crippen LogP contribution in [0.25, 0.3) is 0 Å². The molecule has 1 saturated carbocycles. The second-order valence-corrected chi connectivity index (χ2v) is 4.65. The molecule has 2 rings (SSSR count). The Morgan fingerprint density at radius 2 is 2.00 bits per heavy atom. The minimum atomic E-state index is -0.245. The second-order valence-electron chi connectivity index (χ2n) is 4.21. The minimum Gasteiger partial charge on any atom is -0.387 e. The van der Waals surface area contributed by atoms with Crippen LogP contribution in [0.3, 0.4) is 0 Å². The highest BCUT2D eigenvalue weighted by Gasteiger charge is 2.38. The first kappa shape index (κ1) is 10.5. The maximum absolute atomic E-state index is 7.78. The fourth-order valence-electron chi connectivity index (χ4n) is 2.48. The van der Waals surface area contributed by atoms with Gasteiger partial charge in [-0.1, -0.05) is 36.6 Å². The Balaban J connectivity index is 2.45. The maximum atomic E-state index is 7.78. The monoisotopic (exact) mass is 222 g/mol. The van der Waals surface area contributed by atoms with Crippen LogP contribution < -0.4 is 5.73 Å².